The van der Waals surface area contributed by atoms with Gasteiger partial charge in [-0.3, -0.25) is 4.98 Å². The van der Waals surface area contributed by atoms with Crippen LogP contribution < -0.4 is 0 Å². The van der Waals surface area contributed by atoms with Gasteiger partial charge < -0.3 is 9.84 Å². The number of pyridine rings is 1. The molecule has 3 nitrogen and oxygen atoms in total. The number of aliphatic hydroxyl groups excluding tert-OH is 1. The van der Waals surface area contributed by atoms with E-state index in [0.29, 0.717) is 6.61 Å². The number of hydrogen-bond donors (Lipinski definition) is 1. The molecular formula is C12H15NO2. The van der Waals surface area contributed by atoms with Crippen LogP contribution in [0.1, 0.15) is 29.3 Å². The van der Waals surface area contributed by atoms with E-state index in [0.717, 1.165) is 24.1 Å². The number of ether oxygens (including phenoxy) is 1. The minimum absolute atomic E-state index is 0.364. The number of methoxy groups -OCH3 is 1. The summed E-state index contributed by atoms with van der Waals surface area (Å²) in [6, 6.07) is 2.09. The van der Waals surface area contributed by atoms with Crippen LogP contribution in [0, 0.1) is 0 Å². The van der Waals surface area contributed by atoms with Crippen LogP contribution in [-0.4, -0.2) is 23.8 Å². The first-order valence-electron chi connectivity index (χ1n) is 5.13. The van der Waals surface area contributed by atoms with Crippen LogP contribution >= 0.6 is 0 Å². The maximum Gasteiger partial charge on any atom is 0.0965 e. The molecule has 0 spiro atoms. The molecule has 1 N–H and O–H groups in total. The molecule has 0 amide bonds. The predicted molar refractivity (Wildman–Crippen MR) is 58.4 cm³/mol. The Balaban J connectivity index is 2.16. The lowest BCUT2D eigenvalue weighted by Gasteiger charge is -2.02. The molecule has 0 saturated heterocycles. The molecule has 0 bridgehead atoms. The Labute approximate surface area is 89.4 Å². The van der Waals surface area contributed by atoms with Crippen molar-refractivity contribution in [2.75, 3.05) is 13.7 Å². The fourth-order valence-electron chi connectivity index (χ4n) is 1.84. The number of hydrogen-bond acceptors (Lipinski definition) is 3. The minimum Gasteiger partial charge on any atom is -0.387 e. The van der Waals surface area contributed by atoms with Crippen molar-refractivity contribution in [3.63, 3.8) is 0 Å². The van der Waals surface area contributed by atoms with Crippen LogP contribution in [0.4, 0.5) is 0 Å². The highest BCUT2D eigenvalue weighted by atomic mass is 16.5. The third kappa shape index (κ3) is 2.25. The Morgan fingerprint density at radius 3 is 3.33 bits per heavy atom. The first kappa shape index (κ1) is 10.3. The zero-order valence-electron chi connectivity index (χ0n) is 8.81. The second-order valence-electron chi connectivity index (χ2n) is 3.73. The Morgan fingerprint density at radius 2 is 2.53 bits per heavy atom. The molecule has 0 saturated carbocycles. The van der Waals surface area contributed by atoms with Crippen molar-refractivity contribution in [1.29, 1.82) is 0 Å². The second-order valence-corrected chi connectivity index (χ2v) is 3.73. The summed E-state index contributed by atoms with van der Waals surface area (Å²) in [7, 11) is 1.67. The highest BCUT2D eigenvalue weighted by molar-refractivity contribution is 5.50. The minimum atomic E-state index is -0.364. The van der Waals surface area contributed by atoms with Crippen LogP contribution in [0.15, 0.2) is 18.3 Å². The van der Waals surface area contributed by atoms with Crippen LogP contribution in [0.25, 0.3) is 6.08 Å². The highest BCUT2D eigenvalue weighted by Gasteiger charge is 2.21. The third-order valence-electron chi connectivity index (χ3n) is 2.60. The first-order valence-corrected chi connectivity index (χ1v) is 5.13. The zero-order chi connectivity index (χ0) is 10.7. The van der Waals surface area contributed by atoms with E-state index >= 15 is 0 Å². The van der Waals surface area contributed by atoms with Gasteiger partial charge in [0.1, 0.15) is 0 Å². The van der Waals surface area contributed by atoms with Gasteiger partial charge in [0.15, 0.2) is 0 Å². The van der Waals surface area contributed by atoms with Crippen LogP contribution in [0.3, 0.4) is 0 Å². The van der Waals surface area contributed by atoms with Gasteiger partial charge in [-0.15, -0.1) is 0 Å². The molecule has 0 fully saturated rings. The van der Waals surface area contributed by atoms with E-state index in [2.05, 4.69) is 11.1 Å². The van der Waals surface area contributed by atoms with E-state index in [1.54, 1.807) is 13.3 Å². The third-order valence-corrected chi connectivity index (χ3v) is 2.60. The normalized spacial score (nSPS) is 19.7. The molecule has 3 heteroatoms. The van der Waals surface area contributed by atoms with E-state index < -0.39 is 0 Å². The summed E-state index contributed by atoms with van der Waals surface area (Å²) < 4.78 is 4.93. The molecule has 1 aromatic rings. The summed E-state index contributed by atoms with van der Waals surface area (Å²) in [4.78, 5) is 4.28. The van der Waals surface area contributed by atoms with Crippen molar-refractivity contribution in [3.05, 3.63) is 35.2 Å². The van der Waals surface area contributed by atoms with E-state index in [9.17, 15) is 5.11 Å². The fraction of sp³-hybridized carbons (Fsp3) is 0.417. The van der Waals surface area contributed by atoms with Crippen LogP contribution in [-0.2, 0) is 11.2 Å². The van der Waals surface area contributed by atoms with Crippen molar-refractivity contribution in [2.24, 2.45) is 0 Å². The average Bonchev–Trinajstić information content (AvgIpc) is 2.61. The Morgan fingerprint density at radius 1 is 1.67 bits per heavy atom. The molecule has 0 aromatic carbocycles. The van der Waals surface area contributed by atoms with Gasteiger partial charge in [-0.2, -0.15) is 0 Å². The van der Waals surface area contributed by atoms with Crippen molar-refractivity contribution in [3.8, 4) is 0 Å². The topological polar surface area (TPSA) is 42.4 Å². The molecule has 1 unspecified atom stereocenters. The number of aliphatic hydroxyl groups is 1. The lowest BCUT2D eigenvalue weighted by atomic mass is 10.1. The fourth-order valence-corrected chi connectivity index (χ4v) is 1.84. The Bertz CT molecular complexity index is 374. The summed E-state index contributed by atoms with van der Waals surface area (Å²) in [5, 5.41) is 9.59. The van der Waals surface area contributed by atoms with E-state index in [1.807, 2.05) is 12.2 Å². The largest absolute Gasteiger partial charge is 0.387 e. The maximum absolute atomic E-state index is 9.59. The first-order chi connectivity index (χ1) is 7.31. The molecule has 15 heavy (non-hydrogen) atoms. The monoisotopic (exact) mass is 205 g/mol. The average molecular weight is 205 g/mol. The van der Waals surface area contributed by atoms with Crippen molar-refractivity contribution >= 4 is 6.08 Å². The predicted octanol–water partition coefficient (Wildman–Crippen LogP) is 1.72. The van der Waals surface area contributed by atoms with Gasteiger partial charge in [0.25, 0.3) is 0 Å². The SMILES string of the molecule is COC/C=C/c1cnc2c(c1)CCC2O. The summed E-state index contributed by atoms with van der Waals surface area (Å²) in [6.45, 7) is 0.611. The van der Waals surface area contributed by atoms with Crippen LogP contribution in [0.5, 0.6) is 0 Å². The Hall–Kier alpha value is -1.19. The lowest BCUT2D eigenvalue weighted by Crippen LogP contribution is -1.94. The molecule has 2 rings (SSSR count). The zero-order valence-corrected chi connectivity index (χ0v) is 8.81. The summed E-state index contributed by atoms with van der Waals surface area (Å²) >= 11 is 0. The van der Waals surface area contributed by atoms with Crippen LogP contribution in [0.2, 0.25) is 0 Å². The van der Waals surface area contributed by atoms with Gasteiger partial charge in [0.2, 0.25) is 0 Å². The van der Waals surface area contributed by atoms with E-state index in [-0.39, 0.29) is 6.10 Å². The summed E-state index contributed by atoms with van der Waals surface area (Å²) in [5.41, 5.74) is 3.08. The molecule has 1 heterocycles. The number of nitrogens with zero attached hydrogens (tertiary/aromatic N) is 1. The molecule has 1 aromatic heterocycles. The summed E-state index contributed by atoms with van der Waals surface area (Å²) in [6.07, 6.45) is 7.09. The molecule has 0 radical (unpaired) electrons. The van der Waals surface area contributed by atoms with Gasteiger partial charge >= 0.3 is 0 Å². The van der Waals surface area contributed by atoms with Gasteiger partial charge in [-0.1, -0.05) is 12.2 Å². The van der Waals surface area contributed by atoms with Crippen molar-refractivity contribution in [1.82, 2.24) is 4.98 Å². The standard InChI is InChI=1S/C12H15NO2/c1-15-6-2-3-9-7-10-4-5-11(14)12(10)13-8-9/h2-3,7-8,11,14H,4-6H2,1H3/b3-2+. The number of aromatic nitrogens is 1. The number of aryl methyl sites for hydroxylation is 1. The second kappa shape index (κ2) is 4.55. The molecule has 1 atom stereocenters. The molecule has 0 aliphatic heterocycles. The van der Waals surface area contributed by atoms with Crippen molar-refractivity contribution < 1.29 is 9.84 Å². The van der Waals surface area contributed by atoms with Gasteiger partial charge in [0.05, 0.1) is 18.4 Å². The molecule has 80 valence electrons. The highest BCUT2D eigenvalue weighted by Crippen LogP contribution is 2.29. The number of rotatable bonds is 3. The quantitative estimate of drug-likeness (QED) is 0.817. The number of fused-ring (bicyclic) bond motifs is 1. The Kier molecular flexibility index (Phi) is 3.14. The van der Waals surface area contributed by atoms with Crippen molar-refractivity contribution in [2.45, 2.75) is 18.9 Å². The van der Waals surface area contributed by atoms with Gasteiger partial charge in [0, 0.05) is 13.3 Å². The van der Waals surface area contributed by atoms with Gasteiger partial charge in [-0.05, 0) is 30.0 Å². The van der Waals surface area contributed by atoms with E-state index in [1.165, 1.54) is 5.56 Å². The lowest BCUT2D eigenvalue weighted by molar-refractivity contribution is 0.176. The molecular weight excluding hydrogens is 190 g/mol. The smallest absolute Gasteiger partial charge is 0.0965 e. The molecule has 1 aliphatic carbocycles. The summed E-state index contributed by atoms with van der Waals surface area (Å²) in [5.74, 6) is 0. The maximum atomic E-state index is 9.59. The van der Waals surface area contributed by atoms with E-state index in [4.69, 9.17) is 4.74 Å². The molecule has 1 aliphatic rings. The van der Waals surface area contributed by atoms with Gasteiger partial charge in [-0.25, -0.2) is 0 Å².